The molecule has 2 N–H and O–H groups in total. The summed E-state index contributed by atoms with van der Waals surface area (Å²) in [5.41, 5.74) is 4.96. The predicted octanol–water partition coefficient (Wildman–Crippen LogP) is 10.6. The molecule has 2 aliphatic heterocycles. The standard InChI is InChI=1S/C31H14Br4Cl2N2O5/c32-21-7-13(5-19-17-11-15(36)1-3-25(17)38-29(19)40)8-22(33)27(21)43-31(42)44-28-23(34)9-14(10-24(28)35)6-20-18-12-16(37)2-4-26(18)39-30(20)41/h1-12H,(H,38,40)(H,39,41). The summed E-state index contributed by atoms with van der Waals surface area (Å²) >= 11 is 26.0. The third kappa shape index (κ3) is 6.27. The van der Waals surface area contributed by atoms with Gasteiger partial charge in [-0.2, -0.15) is 0 Å². The van der Waals surface area contributed by atoms with E-state index in [0.717, 1.165) is 0 Å². The second-order valence-corrected chi connectivity index (χ2v) is 13.8. The van der Waals surface area contributed by atoms with Crippen molar-refractivity contribution in [3.63, 3.8) is 0 Å². The first-order chi connectivity index (χ1) is 21.0. The summed E-state index contributed by atoms with van der Waals surface area (Å²) in [7, 11) is 0. The van der Waals surface area contributed by atoms with Gasteiger partial charge in [-0.15, -0.1) is 0 Å². The van der Waals surface area contributed by atoms with E-state index in [4.69, 9.17) is 32.7 Å². The Morgan fingerprint density at radius 3 is 1.34 bits per heavy atom. The van der Waals surface area contributed by atoms with E-state index in [2.05, 4.69) is 74.4 Å². The number of halogens is 6. The molecule has 0 fully saturated rings. The van der Waals surface area contributed by atoms with Gasteiger partial charge in [0.05, 0.1) is 17.9 Å². The van der Waals surface area contributed by atoms with E-state index in [0.29, 0.717) is 72.7 Å². The highest BCUT2D eigenvalue weighted by Gasteiger charge is 2.26. The normalized spacial score (nSPS) is 15.2. The molecule has 0 unspecified atom stereocenters. The number of carbonyl (C=O) groups excluding carboxylic acids is 3. The van der Waals surface area contributed by atoms with Crippen LogP contribution in [0.3, 0.4) is 0 Å². The van der Waals surface area contributed by atoms with E-state index in [-0.39, 0.29) is 23.3 Å². The monoisotopic (exact) mass is 880 g/mol. The summed E-state index contributed by atoms with van der Waals surface area (Å²) in [6.45, 7) is 0. The molecule has 6 rings (SSSR count). The molecule has 4 aromatic rings. The van der Waals surface area contributed by atoms with Crippen LogP contribution in [0.1, 0.15) is 22.3 Å². The summed E-state index contributed by atoms with van der Waals surface area (Å²) in [4.78, 5) is 38.0. The maximum Gasteiger partial charge on any atom is 0.519 e. The van der Waals surface area contributed by atoms with Crippen molar-refractivity contribution in [1.82, 2.24) is 0 Å². The minimum absolute atomic E-state index is 0.176. The van der Waals surface area contributed by atoms with Gasteiger partial charge in [0, 0.05) is 43.7 Å². The Labute approximate surface area is 294 Å². The summed E-state index contributed by atoms with van der Waals surface area (Å²) in [6, 6.07) is 17.2. The zero-order valence-electron chi connectivity index (χ0n) is 21.7. The first-order valence-electron chi connectivity index (χ1n) is 12.5. The van der Waals surface area contributed by atoms with Crippen molar-refractivity contribution >= 4 is 140 Å². The molecule has 0 saturated heterocycles. The zero-order valence-corrected chi connectivity index (χ0v) is 29.6. The second kappa shape index (κ2) is 12.5. The molecule has 0 atom stereocenters. The Morgan fingerprint density at radius 1 is 0.614 bits per heavy atom. The molecule has 0 aliphatic carbocycles. The molecule has 2 amide bonds. The van der Waals surface area contributed by atoms with Crippen LogP contribution in [0, 0.1) is 0 Å². The average molecular weight is 885 g/mol. The fourth-order valence-corrected chi connectivity index (χ4v) is 7.76. The van der Waals surface area contributed by atoms with Crippen LogP contribution in [0.2, 0.25) is 10.0 Å². The highest BCUT2D eigenvalue weighted by atomic mass is 79.9. The SMILES string of the molecule is O=C(Oc1c(Br)cc(C=C2C(=O)Nc3ccc(Cl)cc32)cc1Br)Oc1c(Br)cc(C=C2C(=O)Nc3ccc(Cl)cc32)cc1Br. The van der Waals surface area contributed by atoms with Crippen molar-refractivity contribution in [2.24, 2.45) is 0 Å². The topological polar surface area (TPSA) is 93.7 Å². The molecule has 0 spiro atoms. The van der Waals surface area contributed by atoms with Crippen LogP contribution in [-0.4, -0.2) is 18.0 Å². The third-order valence-corrected chi connectivity index (χ3v) is 9.39. The smallest absolute Gasteiger partial charge is 0.392 e. The first-order valence-corrected chi connectivity index (χ1v) is 16.4. The highest BCUT2D eigenvalue weighted by Crippen LogP contribution is 2.41. The van der Waals surface area contributed by atoms with E-state index in [1.807, 2.05) is 0 Å². The number of ether oxygens (including phenoxy) is 2. The summed E-state index contributed by atoms with van der Waals surface area (Å²) in [6.07, 6.45) is 2.42. The van der Waals surface area contributed by atoms with Gasteiger partial charge in [0.2, 0.25) is 0 Å². The Morgan fingerprint density at radius 2 is 0.977 bits per heavy atom. The van der Waals surface area contributed by atoms with Crippen LogP contribution >= 0.6 is 86.9 Å². The Hall–Kier alpha value is -2.93. The van der Waals surface area contributed by atoms with Crippen molar-refractivity contribution in [1.29, 1.82) is 0 Å². The van der Waals surface area contributed by atoms with Gasteiger partial charge in [0.25, 0.3) is 11.8 Å². The lowest BCUT2D eigenvalue weighted by molar-refractivity contribution is -0.111. The molecular weight excluding hydrogens is 871 g/mol. The maximum absolute atomic E-state index is 12.9. The number of nitrogens with one attached hydrogen (secondary N) is 2. The van der Waals surface area contributed by atoms with Crippen molar-refractivity contribution in [3.8, 4) is 11.5 Å². The highest BCUT2D eigenvalue weighted by molar-refractivity contribution is 9.11. The summed E-state index contributed by atoms with van der Waals surface area (Å²) < 4.78 is 12.8. The number of amides is 2. The van der Waals surface area contributed by atoms with Gasteiger partial charge in [-0.05, 0) is 148 Å². The van der Waals surface area contributed by atoms with Gasteiger partial charge in [-0.3, -0.25) is 9.59 Å². The van der Waals surface area contributed by atoms with Crippen LogP contribution in [0.25, 0.3) is 23.3 Å². The number of rotatable bonds is 4. The fourth-order valence-electron chi connectivity index (χ4n) is 4.65. The quantitative estimate of drug-likeness (QED) is 0.121. The minimum Gasteiger partial charge on any atom is -0.392 e. The van der Waals surface area contributed by atoms with Gasteiger partial charge in [-0.25, -0.2) is 4.79 Å². The van der Waals surface area contributed by atoms with Crippen molar-refractivity contribution < 1.29 is 23.9 Å². The first kappa shape index (κ1) is 31.1. The molecule has 2 heterocycles. The van der Waals surface area contributed by atoms with Gasteiger partial charge in [0.15, 0.2) is 11.5 Å². The van der Waals surface area contributed by atoms with E-state index >= 15 is 0 Å². The van der Waals surface area contributed by atoms with Gasteiger partial charge in [-0.1, -0.05) is 23.2 Å². The van der Waals surface area contributed by atoms with Crippen LogP contribution in [-0.2, 0) is 9.59 Å². The van der Waals surface area contributed by atoms with Crippen molar-refractivity contribution in [2.75, 3.05) is 10.6 Å². The number of fused-ring (bicyclic) bond motifs is 2. The second-order valence-electron chi connectivity index (χ2n) is 9.49. The fraction of sp³-hybridized carbons (Fsp3) is 0. The number of benzene rings is 4. The van der Waals surface area contributed by atoms with E-state index in [1.165, 1.54) is 0 Å². The molecule has 7 nitrogen and oxygen atoms in total. The summed E-state index contributed by atoms with van der Waals surface area (Å²) in [5, 5.41) is 6.65. The Bertz CT molecular complexity index is 1820. The van der Waals surface area contributed by atoms with E-state index in [9.17, 15) is 14.4 Å². The van der Waals surface area contributed by atoms with E-state index in [1.54, 1.807) is 72.8 Å². The van der Waals surface area contributed by atoms with Gasteiger partial charge in [0.1, 0.15) is 0 Å². The Balaban J connectivity index is 1.21. The number of anilines is 2. The van der Waals surface area contributed by atoms with E-state index < -0.39 is 6.16 Å². The third-order valence-electron chi connectivity index (χ3n) is 6.56. The minimum atomic E-state index is -0.998. The molecule has 220 valence electrons. The summed E-state index contributed by atoms with van der Waals surface area (Å²) in [5.74, 6) is -0.153. The average Bonchev–Trinajstić information content (AvgIpc) is 3.42. The van der Waals surface area contributed by atoms with Crippen LogP contribution in [0.15, 0.2) is 78.6 Å². The lowest BCUT2D eigenvalue weighted by Gasteiger charge is -2.12. The number of carbonyl (C=O) groups is 3. The molecule has 44 heavy (non-hydrogen) atoms. The molecule has 0 aromatic heterocycles. The number of hydrogen-bond acceptors (Lipinski definition) is 5. The molecule has 2 aliphatic rings. The molecule has 13 heteroatoms. The molecule has 0 saturated carbocycles. The molecular formula is C31H14Br4Cl2N2O5. The lowest BCUT2D eigenvalue weighted by atomic mass is 10.0. The van der Waals surface area contributed by atoms with Gasteiger partial charge < -0.3 is 20.1 Å². The Kier molecular flexibility index (Phi) is 8.80. The van der Waals surface area contributed by atoms with Crippen LogP contribution in [0.4, 0.5) is 16.2 Å². The zero-order chi connectivity index (χ0) is 31.3. The lowest BCUT2D eigenvalue weighted by Crippen LogP contribution is -2.15. The molecule has 0 radical (unpaired) electrons. The van der Waals surface area contributed by atoms with Crippen molar-refractivity contribution in [3.05, 3.63) is 111 Å². The molecule has 0 bridgehead atoms. The number of hydrogen-bond donors (Lipinski definition) is 2. The van der Waals surface area contributed by atoms with Crippen molar-refractivity contribution in [2.45, 2.75) is 0 Å². The largest absolute Gasteiger partial charge is 0.519 e. The molecule has 4 aromatic carbocycles. The maximum atomic E-state index is 12.9. The van der Waals surface area contributed by atoms with Crippen LogP contribution in [0.5, 0.6) is 11.5 Å². The predicted molar refractivity (Wildman–Crippen MR) is 186 cm³/mol. The van der Waals surface area contributed by atoms with Gasteiger partial charge >= 0.3 is 6.16 Å². The van der Waals surface area contributed by atoms with Crippen LogP contribution < -0.4 is 20.1 Å².